The summed E-state index contributed by atoms with van der Waals surface area (Å²) in [6.45, 7) is 1.68. The van der Waals surface area contributed by atoms with Gasteiger partial charge in [0.2, 0.25) is 0 Å². The van der Waals surface area contributed by atoms with E-state index in [1.165, 1.54) is 12.1 Å². The van der Waals surface area contributed by atoms with Crippen molar-refractivity contribution in [2.45, 2.75) is 19.6 Å². The molecule has 8 heteroatoms. The summed E-state index contributed by atoms with van der Waals surface area (Å²) in [5.74, 6) is -0.405. The van der Waals surface area contributed by atoms with Crippen molar-refractivity contribution in [2.75, 3.05) is 19.0 Å². The van der Waals surface area contributed by atoms with Crippen LogP contribution >= 0.6 is 0 Å². The van der Waals surface area contributed by atoms with Gasteiger partial charge in [0.05, 0.1) is 16.8 Å². The molecule has 2 heterocycles. The fourth-order valence-electron chi connectivity index (χ4n) is 2.90. The number of benzene rings is 1. The number of aryl methyl sites for hydroxylation is 1. The maximum atomic E-state index is 12.8. The zero-order chi connectivity index (χ0) is 20.5. The minimum absolute atomic E-state index is 0.0200. The van der Waals surface area contributed by atoms with E-state index in [-0.39, 0.29) is 6.54 Å². The third kappa shape index (κ3) is 4.05. The third-order valence-electron chi connectivity index (χ3n) is 4.33. The van der Waals surface area contributed by atoms with Crippen molar-refractivity contribution < 1.29 is 18.0 Å². The maximum absolute atomic E-state index is 12.8. The number of hydrogen-bond acceptors (Lipinski definition) is 4. The van der Waals surface area contributed by atoms with Crippen molar-refractivity contribution in [1.82, 2.24) is 15.3 Å². The molecule has 0 saturated heterocycles. The molecule has 1 amide bonds. The van der Waals surface area contributed by atoms with E-state index in [0.717, 1.165) is 23.2 Å². The van der Waals surface area contributed by atoms with E-state index in [4.69, 9.17) is 0 Å². The molecule has 2 aromatic heterocycles. The van der Waals surface area contributed by atoms with Crippen LogP contribution in [0.4, 0.5) is 18.9 Å². The van der Waals surface area contributed by atoms with Gasteiger partial charge in [-0.1, -0.05) is 12.1 Å². The van der Waals surface area contributed by atoms with Crippen LogP contribution in [0.3, 0.4) is 0 Å². The van der Waals surface area contributed by atoms with Gasteiger partial charge in [0.1, 0.15) is 0 Å². The number of pyridine rings is 2. The Bertz CT molecular complexity index is 1030. The molecule has 0 aliphatic rings. The smallest absolute Gasteiger partial charge is 0.377 e. The van der Waals surface area contributed by atoms with Crippen LogP contribution in [0.2, 0.25) is 0 Å². The highest BCUT2D eigenvalue weighted by molar-refractivity contribution is 6.00. The van der Waals surface area contributed by atoms with E-state index >= 15 is 0 Å². The number of anilines is 1. The van der Waals surface area contributed by atoms with Crippen LogP contribution in [-0.2, 0) is 12.7 Å². The molecule has 0 atom stereocenters. The first-order valence-electron chi connectivity index (χ1n) is 8.55. The Labute approximate surface area is 160 Å². The van der Waals surface area contributed by atoms with E-state index < -0.39 is 17.6 Å². The second-order valence-corrected chi connectivity index (χ2v) is 6.60. The highest BCUT2D eigenvalue weighted by Crippen LogP contribution is 2.29. The summed E-state index contributed by atoms with van der Waals surface area (Å²) in [6, 6.07) is 8.42. The molecule has 0 unspecified atom stereocenters. The summed E-state index contributed by atoms with van der Waals surface area (Å²) < 4.78 is 38.5. The molecule has 1 aromatic carbocycles. The number of aromatic nitrogens is 2. The predicted molar refractivity (Wildman–Crippen MR) is 101 cm³/mol. The lowest BCUT2D eigenvalue weighted by molar-refractivity contribution is -0.137. The van der Waals surface area contributed by atoms with Crippen LogP contribution in [0.15, 0.2) is 42.6 Å². The number of halogens is 3. The molecule has 0 aliphatic heterocycles. The molecule has 28 heavy (non-hydrogen) atoms. The van der Waals surface area contributed by atoms with Crippen LogP contribution < -0.4 is 10.2 Å². The first-order chi connectivity index (χ1) is 13.2. The van der Waals surface area contributed by atoms with Crippen LogP contribution in [0, 0.1) is 6.92 Å². The number of carbonyl (C=O) groups is 1. The fraction of sp³-hybridized carbons (Fsp3) is 0.250. The van der Waals surface area contributed by atoms with Gasteiger partial charge in [-0.05, 0) is 36.8 Å². The monoisotopic (exact) mass is 388 g/mol. The molecule has 3 aromatic rings. The predicted octanol–water partition coefficient (Wildman–Crippen LogP) is 3.95. The molecular formula is C20H19F3N4O. The number of hydrogen-bond donors (Lipinski definition) is 1. The summed E-state index contributed by atoms with van der Waals surface area (Å²) in [7, 11) is 3.75. The van der Waals surface area contributed by atoms with Gasteiger partial charge in [-0.15, -0.1) is 0 Å². The van der Waals surface area contributed by atoms with Crippen molar-refractivity contribution in [3.63, 3.8) is 0 Å². The standard InChI is InChI=1S/C20H19F3N4O/c1-12-15(10-16-17(27(2)3)7-8-24-18(16)26-12)19(28)25-11-13-5-4-6-14(9-13)20(21,22)23/h4-10H,11H2,1-3H3,(H,25,28). The Morgan fingerprint density at radius 1 is 1.18 bits per heavy atom. The molecule has 5 nitrogen and oxygen atoms in total. The van der Waals surface area contributed by atoms with Crippen LogP contribution in [-0.4, -0.2) is 30.0 Å². The fourth-order valence-corrected chi connectivity index (χ4v) is 2.90. The Morgan fingerprint density at radius 2 is 1.93 bits per heavy atom. The van der Waals surface area contributed by atoms with Gasteiger partial charge in [-0.25, -0.2) is 9.97 Å². The summed E-state index contributed by atoms with van der Waals surface area (Å²) in [4.78, 5) is 23.2. The number of nitrogens with zero attached hydrogens (tertiary/aromatic N) is 3. The van der Waals surface area contributed by atoms with E-state index in [1.807, 2.05) is 25.1 Å². The lowest BCUT2D eigenvalue weighted by Crippen LogP contribution is -2.24. The molecule has 146 valence electrons. The highest BCUT2D eigenvalue weighted by Gasteiger charge is 2.30. The number of carbonyl (C=O) groups excluding carboxylic acids is 1. The first kappa shape index (κ1) is 19.6. The minimum atomic E-state index is -4.42. The zero-order valence-electron chi connectivity index (χ0n) is 15.6. The summed E-state index contributed by atoms with van der Waals surface area (Å²) >= 11 is 0. The topological polar surface area (TPSA) is 58.1 Å². The normalized spacial score (nSPS) is 11.5. The van der Waals surface area contributed by atoms with Crippen molar-refractivity contribution in [1.29, 1.82) is 0 Å². The van der Waals surface area contributed by atoms with Crippen molar-refractivity contribution in [2.24, 2.45) is 0 Å². The number of fused-ring (bicyclic) bond motifs is 1. The van der Waals surface area contributed by atoms with E-state index in [0.29, 0.717) is 22.5 Å². The van der Waals surface area contributed by atoms with Gasteiger partial charge in [0.25, 0.3) is 5.91 Å². The first-order valence-corrected chi connectivity index (χ1v) is 8.55. The van der Waals surface area contributed by atoms with Gasteiger partial charge in [0, 0.05) is 37.9 Å². The number of rotatable bonds is 4. The molecule has 0 spiro atoms. The largest absolute Gasteiger partial charge is 0.416 e. The molecule has 0 fully saturated rings. The van der Waals surface area contributed by atoms with Crippen LogP contribution in [0.25, 0.3) is 11.0 Å². The Kier molecular flexibility index (Phi) is 5.22. The van der Waals surface area contributed by atoms with Gasteiger partial charge < -0.3 is 10.2 Å². The Morgan fingerprint density at radius 3 is 2.61 bits per heavy atom. The molecule has 1 N–H and O–H groups in total. The molecule has 0 aliphatic carbocycles. The van der Waals surface area contributed by atoms with E-state index in [9.17, 15) is 18.0 Å². The quantitative estimate of drug-likeness (QED) is 0.735. The lowest BCUT2D eigenvalue weighted by Gasteiger charge is -2.16. The molecular weight excluding hydrogens is 369 g/mol. The molecule has 3 rings (SSSR count). The van der Waals surface area contributed by atoms with Gasteiger partial charge in [0.15, 0.2) is 5.65 Å². The van der Waals surface area contributed by atoms with Gasteiger partial charge in [-0.3, -0.25) is 4.79 Å². The summed E-state index contributed by atoms with van der Waals surface area (Å²) in [5, 5.41) is 3.39. The van der Waals surface area contributed by atoms with Crippen molar-refractivity contribution >= 4 is 22.6 Å². The minimum Gasteiger partial charge on any atom is -0.377 e. The van der Waals surface area contributed by atoms with E-state index in [1.54, 1.807) is 19.2 Å². The zero-order valence-corrected chi connectivity index (χ0v) is 15.6. The van der Waals surface area contributed by atoms with Crippen LogP contribution in [0.5, 0.6) is 0 Å². The van der Waals surface area contributed by atoms with Gasteiger partial charge in [-0.2, -0.15) is 13.2 Å². The second kappa shape index (κ2) is 7.46. The molecule has 0 saturated carbocycles. The Hall–Kier alpha value is -3.16. The Balaban J connectivity index is 1.86. The van der Waals surface area contributed by atoms with Crippen molar-refractivity contribution in [3.8, 4) is 0 Å². The lowest BCUT2D eigenvalue weighted by atomic mass is 10.1. The number of nitrogens with one attached hydrogen (secondary N) is 1. The second-order valence-electron chi connectivity index (χ2n) is 6.60. The van der Waals surface area contributed by atoms with Crippen LogP contribution in [0.1, 0.15) is 27.2 Å². The summed E-state index contributed by atoms with van der Waals surface area (Å²) in [6.07, 6.45) is -2.77. The third-order valence-corrected chi connectivity index (χ3v) is 4.33. The average molecular weight is 388 g/mol. The molecule has 0 bridgehead atoms. The SMILES string of the molecule is Cc1nc2nccc(N(C)C)c2cc1C(=O)NCc1cccc(C(F)(F)F)c1. The average Bonchev–Trinajstić information content (AvgIpc) is 2.64. The van der Waals surface area contributed by atoms with Crippen molar-refractivity contribution in [3.05, 3.63) is 65.0 Å². The number of amides is 1. The number of alkyl halides is 3. The van der Waals surface area contributed by atoms with Gasteiger partial charge >= 0.3 is 6.18 Å². The highest BCUT2D eigenvalue weighted by atomic mass is 19.4. The molecule has 0 radical (unpaired) electrons. The maximum Gasteiger partial charge on any atom is 0.416 e. The summed E-state index contributed by atoms with van der Waals surface area (Å²) in [5.41, 5.74) is 1.87. The van der Waals surface area contributed by atoms with E-state index in [2.05, 4.69) is 15.3 Å².